The van der Waals surface area contributed by atoms with Crippen LogP contribution in [0.3, 0.4) is 0 Å². The monoisotopic (exact) mass is 328 g/mol. The molecule has 1 aliphatic rings. The smallest absolute Gasteiger partial charge is 0.272 e. The molecule has 128 valence electrons. The Morgan fingerprint density at radius 1 is 1.43 bits per heavy atom. The Kier molecular flexibility index (Phi) is 5.87. The second kappa shape index (κ2) is 7.68. The number of carbonyl (C=O) groups excluding carboxylic acids is 1. The molecule has 0 unspecified atom stereocenters. The number of pyridine rings is 1. The predicted molar refractivity (Wildman–Crippen MR) is 80.7 cm³/mol. The zero-order chi connectivity index (χ0) is 16.9. The average Bonchev–Trinajstić information content (AvgIpc) is 2.59. The predicted octanol–water partition coefficient (Wildman–Crippen LogP) is 2.35. The lowest BCUT2D eigenvalue weighted by Crippen LogP contribution is -2.44. The third-order valence-electron chi connectivity index (χ3n) is 4.50. The van der Waals surface area contributed by atoms with Crippen molar-refractivity contribution in [3.05, 3.63) is 23.9 Å². The zero-order valence-electron chi connectivity index (χ0n) is 13.2. The number of nitrogens with zero attached hydrogens (tertiary/aromatic N) is 2. The number of piperidine rings is 1. The Bertz CT molecular complexity index is 526. The normalized spacial score (nSPS) is 17.3. The van der Waals surface area contributed by atoms with Crippen LogP contribution in [0.25, 0.3) is 0 Å². The van der Waals surface area contributed by atoms with Gasteiger partial charge < -0.3 is 14.7 Å². The lowest BCUT2D eigenvalue weighted by Gasteiger charge is -2.40. The van der Waals surface area contributed by atoms with Gasteiger partial charge in [-0.3, -0.25) is 4.79 Å². The molecule has 7 heteroatoms. The van der Waals surface area contributed by atoms with E-state index in [4.69, 9.17) is 4.74 Å². The summed E-state index contributed by atoms with van der Waals surface area (Å²) in [6.07, 6.45) is -0.222. The highest BCUT2D eigenvalue weighted by Crippen LogP contribution is 2.34. The number of rotatable bonds is 6. The van der Waals surface area contributed by atoms with E-state index < -0.39 is 13.0 Å². The van der Waals surface area contributed by atoms with Crippen molar-refractivity contribution in [2.24, 2.45) is 5.41 Å². The Morgan fingerprint density at radius 2 is 2.13 bits per heavy atom. The van der Waals surface area contributed by atoms with E-state index in [2.05, 4.69) is 4.98 Å². The molecule has 0 radical (unpaired) electrons. The van der Waals surface area contributed by atoms with E-state index in [-0.39, 0.29) is 29.5 Å². The SMILES string of the molecule is CCC1(CO)CCN(C(=O)c2cccc(OCC(F)F)n2)CC1. The second-order valence-electron chi connectivity index (χ2n) is 5.87. The van der Waals surface area contributed by atoms with Crippen LogP contribution in [0.1, 0.15) is 36.7 Å². The fourth-order valence-electron chi connectivity index (χ4n) is 2.73. The fraction of sp³-hybridized carbons (Fsp3) is 0.625. The van der Waals surface area contributed by atoms with Crippen LogP contribution in [-0.4, -0.2) is 53.6 Å². The first-order valence-electron chi connectivity index (χ1n) is 7.78. The number of ether oxygens (including phenoxy) is 1. The van der Waals surface area contributed by atoms with Crippen molar-refractivity contribution in [2.75, 3.05) is 26.3 Å². The molecular weight excluding hydrogens is 306 g/mol. The van der Waals surface area contributed by atoms with Crippen LogP contribution >= 0.6 is 0 Å². The highest BCUT2D eigenvalue weighted by Gasteiger charge is 2.34. The van der Waals surface area contributed by atoms with Crippen LogP contribution in [-0.2, 0) is 0 Å². The number of aliphatic hydroxyl groups excluding tert-OH is 1. The molecule has 1 saturated heterocycles. The first kappa shape index (κ1) is 17.6. The van der Waals surface area contributed by atoms with Gasteiger partial charge in [0.15, 0.2) is 6.61 Å². The molecule has 1 aliphatic heterocycles. The van der Waals surface area contributed by atoms with Gasteiger partial charge in [0.1, 0.15) is 5.69 Å². The minimum Gasteiger partial charge on any atom is -0.472 e. The van der Waals surface area contributed by atoms with E-state index in [1.807, 2.05) is 6.92 Å². The number of alkyl halides is 2. The summed E-state index contributed by atoms with van der Waals surface area (Å²) in [7, 11) is 0. The van der Waals surface area contributed by atoms with E-state index in [0.29, 0.717) is 13.1 Å². The molecule has 0 spiro atoms. The molecule has 2 heterocycles. The summed E-state index contributed by atoms with van der Waals surface area (Å²) in [6, 6.07) is 4.56. The largest absolute Gasteiger partial charge is 0.472 e. The van der Waals surface area contributed by atoms with Crippen molar-refractivity contribution in [2.45, 2.75) is 32.6 Å². The summed E-state index contributed by atoms with van der Waals surface area (Å²) in [6.45, 7) is 2.53. The first-order valence-corrected chi connectivity index (χ1v) is 7.78. The summed E-state index contributed by atoms with van der Waals surface area (Å²) in [5.41, 5.74) is 0.0802. The van der Waals surface area contributed by atoms with Gasteiger partial charge in [-0.25, -0.2) is 13.8 Å². The number of likely N-dealkylation sites (tertiary alicyclic amines) is 1. The molecule has 1 N–H and O–H groups in total. The Hall–Kier alpha value is -1.76. The Balaban J connectivity index is 2.00. The maximum absolute atomic E-state index is 12.5. The molecule has 1 aromatic heterocycles. The van der Waals surface area contributed by atoms with E-state index in [1.165, 1.54) is 6.07 Å². The van der Waals surface area contributed by atoms with Gasteiger partial charge in [-0.05, 0) is 30.7 Å². The third-order valence-corrected chi connectivity index (χ3v) is 4.50. The topological polar surface area (TPSA) is 62.7 Å². The molecule has 23 heavy (non-hydrogen) atoms. The standard InChI is InChI=1S/C16H22F2N2O3/c1-2-16(11-21)6-8-20(9-7-16)15(22)12-4-3-5-14(19-12)23-10-13(17)18/h3-5,13,21H,2,6-11H2,1H3. The number of amides is 1. The van der Waals surface area contributed by atoms with Crippen LogP contribution in [0, 0.1) is 5.41 Å². The van der Waals surface area contributed by atoms with Gasteiger partial charge in [0.25, 0.3) is 12.3 Å². The van der Waals surface area contributed by atoms with Gasteiger partial charge in [0.2, 0.25) is 5.88 Å². The average molecular weight is 328 g/mol. The third kappa shape index (κ3) is 4.37. The van der Waals surface area contributed by atoms with E-state index in [0.717, 1.165) is 19.3 Å². The number of aliphatic hydroxyl groups is 1. The van der Waals surface area contributed by atoms with E-state index in [1.54, 1.807) is 17.0 Å². The quantitative estimate of drug-likeness (QED) is 0.871. The lowest BCUT2D eigenvalue weighted by atomic mass is 9.77. The molecule has 1 aromatic rings. The van der Waals surface area contributed by atoms with Gasteiger partial charge in [0.05, 0.1) is 0 Å². The molecule has 5 nitrogen and oxygen atoms in total. The Morgan fingerprint density at radius 3 is 2.70 bits per heavy atom. The van der Waals surface area contributed by atoms with E-state index >= 15 is 0 Å². The maximum atomic E-state index is 12.5. The van der Waals surface area contributed by atoms with Crippen molar-refractivity contribution >= 4 is 5.91 Å². The number of carbonyl (C=O) groups is 1. The van der Waals surface area contributed by atoms with Crippen LogP contribution in [0.15, 0.2) is 18.2 Å². The second-order valence-corrected chi connectivity index (χ2v) is 5.87. The van der Waals surface area contributed by atoms with Crippen molar-refractivity contribution in [3.8, 4) is 5.88 Å². The molecule has 2 rings (SSSR count). The highest BCUT2D eigenvalue weighted by atomic mass is 19.3. The van der Waals surface area contributed by atoms with Crippen LogP contribution in [0.4, 0.5) is 8.78 Å². The fourth-order valence-corrected chi connectivity index (χ4v) is 2.73. The number of aromatic nitrogens is 1. The van der Waals surface area contributed by atoms with E-state index in [9.17, 15) is 18.7 Å². The summed E-state index contributed by atoms with van der Waals surface area (Å²) in [5.74, 6) is -0.221. The van der Waals surface area contributed by atoms with Crippen LogP contribution in [0.2, 0.25) is 0 Å². The van der Waals surface area contributed by atoms with Crippen molar-refractivity contribution in [1.29, 1.82) is 0 Å². The van der Waals surface area contributed by atoms with Gasteiger partial charge in [0, 0.05) is 25.8 Å². The zero-order valence-corrected chi connectivity index (χ0v) is 13.2. The number of hydrogen-bond acceptors (Lipinski definition) is 4. The van der Waals surface area contributed by atoms with Gasteiger partial charge in [-0.1, -0.05) is 13.0 Å². The van der Waals surface area contributed by atoms with Crippen molar-refractivity contribution < 1.29 is 23.4 Å². The van der Waals surface area contributed by atoms with Crippen molar-refractivity contribution in [3.63, 3.8) is 0 Å². The number of halogens is 2. The number of hydrogen-bond donors (Lipinski definition) is 1. The molecule has 0 atom stereocenters. The van der Waals surface area contributed by atoms with Crippen LogP contribution < -0.4 is 4.74 Å². The minimum absolute atomic E-state index is 0.0198. The van der Waals surface area contributed by atoms with Gasteiger partial charge in [-0.15, -0.1) is 0 Å². The summed E-state index contributed by atoms with van der Waals surface area (Å²) >= 11 is 0. The Labute approximate surface area is 134 Å². The molecular formula is C16H22F2N2O3. The van der Waals surface area contributed by atoms with Gasteiger partial charge in [-0.2, -0.15) is 0 Å². The molecule has 1 fully saturated rings. The van der Waals surface area contributed by atoms with Crippen LogP contribution in [0.5, 0.6) is 5.88 Å². The van der Waals surface area contributed by atoms with Crippen molar-refractivity contribution in [1.82, 2.24) is 9.88 Å². The summed E-state index contributed by atoms with van der Waals surface area (Å²) in [4.78, 5) is 18.2. The molecule has 0 aromatic carbocycles. The lowest BCUT2D eigenvalue weighted by molar-refractivity contribution is 0.0333. The minimum atomic E-state index is -2.58. The first-order chi connectivity index (χ1) is 11.0. The molecule has 0 bridgehead atoms. The maximum Gasteiger partial charge on any atom is 0.272 e. The van der Waals surface area contributed by atoms with Gasteiger partial charge >= 0.3 is 0 Å². The summed E-state index contributed by atoms with van der Waals surface area (Å²) in [5, 5.41) is 9.53. The molecule has 0 saturated carbocycles. The molecule has 0 aliphatic carbocycles. The highest BCUT2D eigenvalue weighted by molar-refractivity contribution is 5.92. The molecule has 1 amide bonds. The summed E-state index contributed by atoms with van der Waals surface area (Å²) < 4.78 is 29.2.